The molecule has 1 N–H and O–H groups in total. The number of hydrogen-bond donors (Lipinski definition) is 1. The van der Waals surface area contributed by atoms with Crippen molar-refractivity contribution in [1.82, 2.24) is 10.2 Å². The number of hydrogen-bond acceptors (Lipinski definition) is 3. The zero-order valence-corrected chi connectivity index (χ0v) is 20.9. The number of benzene rings is 2. The van der Waals surface area contributed by atoms with E-state index in [1.54, 1.807) is 19.1 Å². The van der Waals surface area contributed by atoms with Crippen molar-refractivity contribution in [3.8, 4) is 5.75 Å². The van der Waals surface area contributed by atoms with Gasteiger partial charge in [-0.2, -0.15) is 0 Å². The Morgan fingerprint density at radius 3 is 2.42 bits per heavy atom. The molecule has 0 heterocycles. The van der Waals surface area contributed by atoms with Crippen LogP contribution in [0.3, 0.4) is 0 Å². The van der Waals surface area contributed by atoms with Crippen molar-refractivity contribution in [3.05, 3.63) is 63.9 Å². The number of halogens is 2. The first-order chi connectivity index (χ1) is 15.9. The zero-order valence-electron chi connectivity index (χ0n) is 19.3. The highest BCUT2D eigenvalue weighted by Crippen LogP contribution is 2.26. The molecule has 0 spiro atoms. The molecule has 0 radical (unpaired) electrons. The van der Waals surface area contributed by atoms with Gasteiger partial charge < -0.3 is 15.0 Å². The Balaban J connectivity index is 1.71. The number of nitrogens with zero attached hydrogens (tertiary/aromatic N) is 1. The summed E-state index contributed by atoms with van der Waals surface area (Å²) in [5.74, 6) is -0.257. The summed E-state index contributed by atoms with van der Waals surface area (Å²) in [6.45, 7) is 3.79. The maximum absolute atomic E-state index is 13.4. The summed E-state index contributed by atoms with van der Waals surface area (Å²) in [7, 11) is 0. The normalized spacial score (nSPS) is 15.0. The van der Waals surface area contributed by atoms with E-state index in [1.807, 2.05) is 18.2 Å². The van der Waals surface area contributed by atoms with E-state index in [0.29, 0.717) is 5.75 Å². The number of amides is 2. The molecule has 5 nitrogen and oxygen atoms in total. The number of carbonyl (C=O) groups excluding carboxylic acids is 2. The topological polar surface area (TPSA) is 58.6 Å². The second-order valence-electron chi connectivity index (χ2n) is 8.57. The van der Waals surface area contributed by atoms with Crippen molar-refractivity contribution >= 4 is 27.7 Å². The predicted octanol–water partition coefficient (Wildman–Crippen LogP) is 5.40. The first kappa shape index (κ1) is 25.2. The van der Waals surface area contributed by atoms with Gasteiger partial charge in [-0.15, -0.1) is 0 Å². The lowest BCUT2D eigenvalue weighted by molar-refractivity contribution is -0.142. The summed E-state index contributed by atoms with van der Waals surface area (Å²) in [6.07, 6.45) is 6.25. The number of ether oxygens (including phenoxy) is 1. The lowest BCUT2D eigenvalue weighted by atomic mass is 9.95. The molecule has 1 aliphatic carbocycles. The van der Waals surface area contributed by atoms with Crippen molar-refractivity contribution < 1.29 is 18.7 Å². The van der Waals surface area contributed by atoms with Crippen LogP contribution in [0, 0.1) is 5.82 Å². The third-order valence-corrected chi connectivity index (χ3v) is 6.76. The molecule has 0 aliphatic heterocycles. The molecule has 1 saturated carbocycles. The molecule has 2 aromatic carbocycles. The van der Waals surface area contributed by atoms with Crippen molar-refractivity contribution in [2.24, 2.45) is 0 Å². The lowest BCUT2D eigenvalue weighted by Gasteiger charge is -2.31. The van der Waals surface area contributed by atoms with E-state index in [1.165, 1.54) is 23.5 Å². The van der Waals surface area contributed by atoms with Crippen molar-refractivity contribution in [3.63, 3.8) is 0 Å². The van der Waals surface area contributed by atoms with E-state index >= 15 is 0 Å². The van der Waals surface area contributed by atoms with Gasteiger partial charge in [0.05, 0.1) is 4.47 Å². The first-order valence-electron chi connectivity index (χ1n) is 11.6. The Hall–Kier alpha value is -2.41. The molecule has 0 unspecified atom stereocenters. The SMILES string of the molecule is CCc1ccc(OCC(=O)N(Cc2ccc(F)cc2)[C@@H](C)C(=O)NC2CCCCC2)c(Br)c1. The van der Waals surface area contributed by atoms with E-state index < -0.39 is 6.04 Å². The van der Waals surface area contributed by atoms with E-state index in [0.717, 1.165) is 47.7 Å². The van der Waals surface area contributed by atoms with E-state index in [4.69, 9.17) is 4.74 Å². The molecule has 0 aromatic heterocycles. The highest BCUT2D eigenvalue weighted by molar-refractivity contribution is 9.10. The van der Waals surface area contributed by atoms with E-state index in [9.17, 15) is 14.0 Å². The largest absolute Gasteiger partial charge is 0.483 e. The highest BCUT2D eigenvalue weighted by atomic mass is 79.9. The Morgan fingerprint density at radius 1 is 1.12 bits per heavy atom. The van der Waals surface area contributed by atoms with Gasteiger partial charge in [-0.25, -0.2) is 4.39 Å². The standard InChI is InChI=1S/C26H32BrFN2O3/c1-3-19-11-14-24(23(27)15-19)33-17-25(31)30(16-20-9-12-21(28)13-10-20)18(2)26(32)29-22-7-5-4-6-8-22/h9-15,18,22H,3-8,16-17H2,1-2H3,(H,29,32)/t18-/m0/s1. The second-order valence-corrected chi connectivity index (χ2v) is 9.43. The van der Waals surface area contributed by atoms with Crippen LogP contribution in [0.25, 0.3) is 0 Å². The third kappa shape index (κ3) is 7.29. The van der Waals surface area contributed by atoms with Crippen molar-refractivity contribution in [2.75, 3.05) is 6.61 Å². The summed E-state index contributed by atoms with van der Waals surface area (Å²) < 4.78 is 19.9. The van der Waals surface area contributed by atoms with Gasteiger partial charge in [-0.1, -0.05) is 44.4 Å². The van der Waals surface area contributed by atoms with Crippen LogP contribution in [0.4, 0.5) is 4.39 Å². The maximum Gasteiger partial charge on any atom is 0.261 e. The quantitative estimate of drug-likeness (QED) is 0.483. The zero-order chi connectivity index (χ0) is 23.8. The molecule has 1 atom stereocenters. The fourth-order valence-corrected chi connectivity index (χ4v) is 4.58. The minimum atomic E-state index is -0.681. The molecule has 0 saturated heterocycles. The Morgan fingerprint density at radius 2 is 1.79 bits per heavy atom. The van der Waals surface area contributed by atoms with Gasteiger partial charge in [0.15, 0.2) is 6.61 Å². The fraction of sp³-hybridized carbons (Fsp3) is 0.462. The molecule has 0 bridgehead atoms. The molecular weight excluding hydrogens is 487 g/mol. The summed E-state index contributed by atoms with van der Waals surface area (Å²) in [6, 6.07) is 11.2. The molecule has 178 valence electrons. The van der Waals surface area contributed by atoms with Gasteiger partial charge in [0.1, 0.15) is 17.6 Å². The number of aryl methyl sites for hydroxylation is 1. The number of rotatable bonds is 9. The molecule has 1 aliphatic rings. The minimum Gasteiger partial charge on any atom is -0.483 e. The van der Waals surface area contributed by atoms with Gasteiger partial charge in [-0.3, -0.25) is 9.59 Å². The summed E-state index contributed by atoms with van der Waals surface area (Å²) in [5.41, 5.74) is 1.90. The Bertz CT molecular complexity index is 945. The molecule has 1 fully saturated rings. The monoisotopic (exact) mass is 518 g/mol. The van der Waals surface area contributed by atoms with Crippen LogP contribution in [0.1, 0.15) is 57.1 Å². The average molecular weight is 519 g/mol. The highest BCUT2D eigenvalue weighted by Gasteiger charge is 2.28. The molecule has 7 heteroatoms. The van der Waals surface area contributed by atoms with Gasteiger partial charge in [-0.05, 0) is 77.5 Å². The third-order valence-electron chi connectivity index (χ3n) is 6.14. The van der Waals surface area contributed by atoms with E-state index in [-0.39, 0.29) is 36.8 Å². The van der Waals surface area contributed by atoms with Crippen molar-refractivity contribution in [2.45, 2.75) is 71.0 Å². The molecule has 33 heavy (non-hydrogen) atoms. The molecule has 2 amide bonds. The van der Waals surface area contributed by atoms with Crippen LogP contribution in [-0.4, -0.2) is 35.4 Å². The molecule has 3 rings (SSSR count). The van der Waals surface area contributed by atoms with Crippen molar-refractivity contribution in [1.29, 1.82) is 0 Å². The number of carbonyl (C=O) groups is 2. The predicted molar refractivity (Wildman–Crippen MR) is 130 cm³/mol. The Labute approximate surface area is 203 Å². The maximum atomic E-state index is 13.4. The van der Waals surface area contributed by atoms with Crippen LogP contribution in [0.2, 0.25) is 0 Å². The van der Waals surface area contributed by atoms with Crippen LogP contribution in [-0.2, 0) is 22.6 Å². The van der Waals surface area contributed by atoms with Crippen LogP contribution in [0.5, 0.6) is 5.75 Å². The Kier molecular flexibility index (Phi) is 9.30. The lowest BCUT2D eigenvalue weighted by Crippen LogP contribution is -2.51. The van der Waals surface area contributed by atoms with Gasteiger partial charge >= 0.3 is 0 Å². The first-order valence-corrected chi connectivity index (χ1v) is 12.4. The van der Waals surface area contributed by atoms with Crippen LogP contribution >= 0.6 is 15.9 Å². The van der Waals surface area contributed by atoms with Gasteiger partial charge in [0, 0.05) is 12.6 Å². The smallest absolute Gasteiger partial charge is 0.261 e. The average Bonchev–Trinajstić information content (AvgIpc) is 2.82. The molecule has 2 aromatic rings. The summed E-state index contributed by atoms with van der Waals surface area (Å²) >= 11 is 3.49. The summed E-state index contributed by atoms with van der Waals surface area (Å²) in [5, 5.41) is 3.10. The van der Waals surface area contributed by atoms with Crippen LogP contribution < -0.4 is 10.1 Å². The van der Waals surface area contributed by atoms with Crippen LogP contribution in [0.15, 0.2) is 46.9 Å². The van der Waals surface area contributed by atoms with Gasteiger partial charge in [0.25, 0.3) is 5.91 Å². The molecular formula is C26H32BrFN2O3. The second kappa shape index (κ2) is 12.2. The van der Waals surface area contributed by atoms with Gasteiger partial charge in [0.2, 0.25) is 5.91 Å². The minimum absolute atomic E-state index is 0.153. The summed E-state index contributed by atoms with van der Waals surface area (Å²) in [4.78, 5) is 27.7. The number of nitrogens with one attached hydrogen (secondary N) is 1. The van der Waals surface area contributed by atoms with E-state index in [2.05, 4.69) is 28.2 Å². The fourth-order valence-electron chi connectivity index (χ4n) is 4.04.